The molecule has 4 nitrogen and oxygen atoms in total. The van der Waals surface area contributed by atoms with E-state index in [1.165, 1.54) is 24.2 Å². The number of aromatic carboxylic acids is 1. The normalized spacial score (nSPS) is 19.9. The van der Waals surface area contributed by atoms with E-state index in [0.717, 1.165) is 36.6 Å². The third kappa shape index (κ3) is 3.54. The summed E-state index contributed by atoms with van der Waals surface area (Å²) in [6.07, 6.45) is 3.85. The molecule has 1 atom stereocenters. The molecule has 1 unspecified atom stereocenters. The van der Waals surface area contributed by atoms with Gasteiger partial charge in [-0.1, -0.05) is 0 Å². The Labute approximate surface area is 111 Å². The molecule has 1 saturated heterocycles. The molecule has 0 spiro atoms. The summed E-state index contributed by atoms with van der Waals surface area (Å²) in [6.45, 7) is 4.39. The molecule has 0 amide bonds. The maximum Gasteiger partial charge on any atom is 0.345 e. The van der Waals surface area contributed by atoms with Crippen LogP contribution in [0.2, 0.25) is 0 Å². The molecule has 1 aromatic heterocycles. The van der Waals surface area contributed by atoms with Gasteiger partial charge in [0.25, 0.3) is 0 Å². The second kappa shape index (κ2) is 6.31. The predicted molar refractivity (Wildman–Crippen MR) is 71.3 cm³/mol. The first-order valence-electron chi connectivity index (χ1n) is 6.31. The Morgan fingerprint density at radius 3 is 3.06 bits per heavy atom. The molecule has 2 heterocycles. The monoisotopic (exact) mass is 269 g/mol. The zero-order valence-corrected chi connectivity index (χ0v) is 11.4. The third-order valence-corrected chi connectivity index (χ3v) is 4.27. The second-order valence-corrected chi connectivity index (χ2v) is 5.87. The van der Waals surface area contributed by atoms with E-state index in [1.54, 1.807) is 6.07 Å². The Kier molecular flexibility index (Phi) is 4.74. The van der Waals surface area contributed by atoms with Crippen LogP contribution < -0.4 is 5.32 Å². The van der Waals surface area contributed by atoms with Crippen molar-refractivity contribution in [3.63, 3.8) is 0 Å². The number of rotatable bonds is 5. The highest BCUT2D eigenvalue weighted by atomic mass is 32.1. The molecule has 5 heteroatoms. The summed E-state index contributed by atoms with van der Waals surface area (Å²) in [6, 6.07) is 1.76. The number of carboxylic acids is 1. The summed E-state index contributed by atoms with van der Waals surface area (Å²) < 4.78 is 5.64. The Hall–Kier alpha value is -0.910. The molecule has 0 aromatic carbocycles. The zero-order chi connectivity index (χ0) is 13.0. The van der Waals surface area contributed by atoms with Crippen LogP contribution in [0.4, 0.5) is 0 Å². The first-order chi connectivity index (χ1) is 8.66. The summed E-state index contributed by atoms with van der Waals surface area (Å²) in [7, 11) is 0. The average molecular weight is 269 g/mol. The molecule has 0 bridgehead atoms. The van der Waals surface area contributed by atoms with E-state index in [1.807, 2.05) is 6.92 Å². The first kappa shape index (κ1) is 13.5. The molecule has 1 fully saturated rings. The third-order valence-electron chi connectivity index (χ3n) is 3.19. The number of hydrogen-bond donors (Lipinski definition) is 2. The number of carboxylic acid groups (broad SMARTS) is 1. The van der Waals surface area contributed by atoms with Gasteiger partial charge in [-0.2, -0.15) is 0 Å². The smallest absolute Gasteiger partial charge is 0.345 e. The molecule has 1 aliphatic heterocycles. The van der Waals surface area contributed by atoms with Crippen LogP contribution >= 0.6 is 11.3 Å². The van der Waals surface area contributed by atoms with E-state index in [9.17, 15) is 4.79 Å². The van der Waals surface area contributed by atoms with Crippen LogP contribution in [0, 0.1) is 6.92 Å². The zero-order valence-electron chi connectivity index (χ0n) is 10.6. The summed E-state index contributed by atoms with van der Waals surface area (Å²) in [4.78, 5) is 12.3. The average Bonchev–Trinajstić information content (AvgIpc) is 2.73. The van der Waals surface area contributed by atoms with Crippen LogP contribution in [-0.4, -0.2) is 30.3 Å². The number of aryl methyl sites for hydroxylation is 1. The van der Waals surface area contributed by atoms with E-state index >= 15 is 0 Å². The quantitative estimate of drug-likeness (QED) is 0.862. The van der Waals surface area contributed by atoms with E-state index < -0.39 is 5.97 Å². The number of hydrogen-bond acceptors (Lipinski definition) is 4. The van der Waals surface area contributed by atoms with Crippen LogP contribution in [-0.2, 0) is 11.3 Å². The highest BCUT2D eigenvalue weighted by Gasteiger charge is 2.14. The van der Waals surface area contributed by atoms with Gasteiger partial charge in [0.15, 0.2) is 0 Å². The molecule has 0 radical (unpaired) electrons. The van der Waals surface area contributed by atoms with Crippen molar-refractivity contribution >= 4 is 17.3 Å². The Balaban J connectivity index is 1.80. The van der Waals surface area contributed by atoms with Gasteiger partial charge in [0.1, 0.15) is 4.88 Å². The molecule has 1 aromatic rings. The molecule has 2 N–H and O–H groups in total. The highest BCUT2D eigenvalue weighted by Crippen LogP contribution is 2.21. The first-order valence-corrected chi connectivity index (χ1v) is 7.13. The van der Waals surface area contributed by atoms with Gasteiger partial charge in [0, 0.05) is 24.6 Å². The molecule has 0 saturated carbocycles. The maximum atomic E-state index is 10.9. The van der Waals surface area contributed by atoms with E-state index in [0.29, 0.717) is 11.0 Å². The van der Waals surface area contributed by atoms with Crippen molar-refractivity contribution in [3.8, 4) is 0 Å². The minimum atomic E-state index is -0.843. The SMILES string of the molecule is Cc1sc(C(=O)O)cc1CNCC1CCCCO1. The maximum absolute atomic E-state index is 10.9. The van der Waals surface area contributed by atoms with Crippen LogP contribution in [0.3, 0.4) is 0 Å². The van der Waals surface area contributed by atoms with E-state index in [2.05, 4.69) is 5.32 Å². The van der Waals surface area contributed by atoms with Crippen LogP contribution in [0.5, 0.6) is 0 Å². The minimum Gasteiger partial charge on any atom is -0.477 e. The van der Waals surface area contributed by atoms with Crippen molar-refractivity contribution < 1.29 is 14.6 Å². The van der Waals surface area contributed by atoms with Crippen LogP contribution in [0.25, 0.3) is 0 Å². The van der Waals surface area contributed by atoms with Crippen molar-refractivity contribution in [2.24, 2.45) is 0 Å². The number of thiophene rings is 1. The molecule has 0 aliphatic carbocycles. The van der Waals surface area contributed by atoms with Gasteiger partial charge in [-0.05, 0) is 37.8 Å². The molecular formula is C13H19NO3S. The van der Waals surface area contributed by atoms with Crippen molar-refractivity contribution in [3.05, 3.63) is 21.4 Å². The second-order valence-electron chi connectivity index (χ2n) is 4.62. The van der Waals surface area contributed by atoms with Crippen molar-refractivity contribution in [2.75, 3.05) is 13.2 Å². The number of nitrogens with one attached hydrogen (secondary N) is 1. The van der Waals surface area contributed by atoms with Gasteiger partial charge >= 0.3 is 5.97 Å². The van der Waals surface area contributed by atoms with E-state index in [4.69, 9.17) is 9.84 Å². The van der Waals surface area contributed by atoms with E-state index in [-0.39, 0.29) is 0 Å². The van der Waals surface area contributed by atoms with Gasteiger partial charge in [-0.25, -0.2) is 4.79 Å². The van der Waals surface area contributed by atoms with Crippen LogP contribution in [0.1, 0.15) is 39.4 Å². The molecule has 18 heavy (non-hydrogen) atoms. The Morgan fingerprint density at radius 1 is 1.61 bits per heavy atom. The summed E-state index contributed by atoms with van der Waals surface area (Å²) >= 11 is 1.34. The lowest BCUT2D eigenvalue weighted by Gasteiger charge is -2.22. The largest absolute Gasteiger partial charge is 0.477 e. The van der Waals surface area contributed by atoms with Gasteiger partial charge in [-0.3, -0.25) is 0 Å². The van der Waals surface area contributed by atoms with Crippen LogP contribution in [0.15, 0.2) is 6.07 Å². The molecule has 100 valence electrons. The lowest BCUT2D eigenvalue weighted by molar-refractivity contribution is 0.0168. The fourth-order valence-electron chi connectivity index (χ4n) is 2.14. The molecule has 1 aliphatic rings. The summed E-state index contributed by atoms with van der Waals surface area (Å²) in [5.41, 5.74) is 1.08. The standard InChI is InChI=1S/C13H19NO3S/c1-9-10(6-12(18-9)13(15)16)7-14-8-11-4-2-3-5-17-11/h6,11,14H,2-5,7-8H2,1H3,(H,15,16). The summed E-state index contributed by atoms with van der Waals surface area (Å²) in [5, 5.41) is 12.3. The lowest BCUT2D eigenvalue weighted by atomic mass is 10.1. The predicted octanol–water partition coefficient (Wildman–Crippen LogP) is 2.41. The topological polar surface area (TPSA) is 58.6 Å². The van der Waals surface area contributed by atoms with Crippen molar-refractivity contribution in [1.29, 1.82) is 0 Å². The van der Waals surface area contributed by atoms with Gasteiger partial charge in [0.2, 0.25) is 0 Å². The van der Waals surface area contributed by atoms with Gasteiger partial charge in [-0.15, -0.1) is 11.3 Å². The molecular weight excluding hydrogens is 250 g/mol. The highest BCUT2D eigenvalue weighted by molar-refractivity contribution is 7.14. The van der Waals surface area contributed by atoms with Crippen molar-refractivity contribution in [2.45, 2.75) is 38.8 Å². The van der Waals surface area contributed by atoms with Gasteiger partial charge in [0.05, 0.1) is 6.10 Å². The van der Waals surface area contributed by atoms with Crippen molar-refractivity contribution in [1.82, 2.24) is 5.32 Å². The minimum absolute atomic E-state index is 0.316. The fraction of sp³-hybridized carbons (Fsp3) is 0.615. The Bertz CT molecular complexity index is 410. The number of carbonyl (C=O) groups is 1. The molecule has 2 rings (SSSR count). The fourth-order valence-corrected chi connectivity index (χ4v) is 3.02. The Morgan fingerprint density at radius 2 is 2.44 bits per heavy atom. The summed E-state index contributed by atoms with van der Waals surface area (Å²) in [5.74, 6) is -0.843. The lowest BCUT2D eigenvalue weighted by Crippen LogP contribution is -2.31. The van der Waals surface area contributed by atoms with Gasteiger partial charge < -0.3 is 15.2 Å². The number of ether oxygens (including phenoxy) is 1.